The number of rotatable bonds is 6. The van der Waals surface area contributed by atoms with Crippen LogP contribution in [-0.2, 0) is 10.0 Å². The monoisotopic (exact) mass is 355 g/mol. The number of aromatic carboxylic acids is 1. The minimum absolute atomic E-state index is 0.00154. The predicted molar refractivity (Wildman–Crippen MR) is 83.7 cm³/mol. The van der Waals surface area contributed by atoms with Crippen LogP contribution in [0.2, 0.25) is 0 Å². The summed E-state index contributed by atoms with van der Waals surface area (Å²) in [4.78, 5) is 11.0. The zero-order chi connectivity index (χ0) is 17.9. The van der Waals surface area contributed by atoms with Gasteiger partial charge in [-0.25, -0.2) is 17.6 Å². The molecule has 0 aliphatic heterocycles. The van der Waals surface area contributed by atoms with Gasteiger partial charge >= 0.3 is 5.97 Å². The summed E-state index contributed by atoms with van der Waals surface area (Å²) in [7, 11) is -1.67. The van der Waals surface area contributed by atoms with Crippen LogP contribution in [0.1, 0.15) is 10.4 Å². The highest BCUT2D eigenvalue weighted by molar-refractivity contribution is 7.92. The molecule has 0 bridgehead atoms. The molecule has 128 valence electrons. The van der Waals surface area contributed by atoms with Gasteiger partial charge in [0.15, 0.2) is 11.5 Å². The highest BCUT2D eigenvalue weighted by atomic mass is 32.2. The predicted octanol–water partition coefficient (Wildman–Crippen LogP) is 2.34. The van der Waals surface area contributed by atoms with Crippen molar-refractivity contribution >= 4 is 21.7 Å². The standard InChI is InChI=1S/C15H14FNO6S/c1-22-13-8-11(7-12(15(18)19)14(13)23-2)24(20,21)17-10-5-3-4-9(16)6-10/h3-8,17H,1-2H3,(H,18,19). The molecule has 0 radical (unpaired) electrons. The maximum absolute atomic E-state index is 13.2. The first-order chi connectivity index (χ1) is 11.3. The zero-order valence-electron chi connectivity index (χ0n) is 12.7. The maximum atomic E-state index is 13.2. The Morgan fingerprint density at radius 1 is 1.17 bits per heavy atom. The van der Waals surface area contributed by atoms with Gasteiger partial charge in [-0.15, -0.1) is 0 Å². The molecule has 24 heavy (non-hydrogen) atoms. The van der Waals surface area contributed by atoms with Gasteiger partial charge in [0.2, 0.25) is 0 Å². The van der Waals surface area contributed by atoms with Crippen molar-refractivity contribution in [3.8, 4) is 11.5 Å². The summed E-state index contributed by atoms with van der Waals surface area (Å²) in [6, 6.07) is 6.91. The number of methoxy groups -OCH3 is 2. The second-order valence-corrected chi connectivity index (χ2v) is 6.31. The number of anilines is 1. The Hall–Kier alpha value is -2.81. The van der Waals surface area contributed by atoms with E-state index in [1.807, 2.05) is 0 Å². The van der Waals surface area contributed by atoms with E-state index in [1.54, 1.807) is 0 Å². The molecule has 7 nitrogen and oxygen atoms in total. The Labute approximate surface area is 137 Å². The topological polar surface area (TPSA) is 102 Å². The molecule has 0 aliphatic carbocycles. The van der Waals surface area contributed by atoms with Crippen LogP contribution in [0, 0.1) is 5.82 Å². The normalized spacial score (nSPS) is 11.0. The van der Waals surface area contributed by atoms with Crippen LogP contribution in [0.15, 0.2) is 41.3 Å². The van der Waals surface area contributed by atoms with E-state index in [4.69, 9.17) is 9.47 Å². The Morgan fingerprint density at radius 2 is 1.88 bits per heavy atom. The van der Waals surface area contributed by atoms with Gasteiger partial charge in [-0.05, 0) is 24.3 Å². The Kier molecular flexibility index (Phi) is 4.93. The van der Waals surface area contributed by atoms with Gasteiger partial charge < -0.3 is 14.6 Å². The molecular weight excluding hydrogens is 341 g/mol. The lowest BCUT2D eigenvalue weighted by Crippen LogP contribution is -2.15. The van der Waals surface area contributed by atoms with Crippen molar-refractivity contribution < 1.29 is 32.2 Å². The molecule has 0 unspecified atom stereocenters. The van der Waals surface area contributed by atoms with E-state index in [0.717, 1.165) is 24.3 Å². The van der Waals surface area contributed by atoms with E-state index in [0.29, 0.717) is 0 Å². The number of benzene rings is 2. The zero-order valence-corrected chi connectivity index (χ0v) is 13.6. The fourth-order valence-electron chi connectivity index (χ4n) is 2.02. The van der Waals surface area contributed by atoms with E-state index in [2.05, 4.69) is 4.72 Å². The summed E-state index contributed by atoms with van der Waals surface area (Å²) < 4.78 is 50.2. The molecule has 2 N–H and O–H groups in total. The third-order valence-corrected chi connectivity index (χ3v) is 4.43. The van der Waals surface area contributed by atoms with Crippen LogP contribution in [0.25, 0.3) is 0 Å². The molecule has 2 aromatic rings. The molecule has 0 aromatic heterocycles. The summed E-state index contributed by atoms with van der Waals surface area (Å²) >= 11 is 0. The number of hydrogen-bond donors (Lipinski definition) is 2. The molecule has 0 heterocycles. The average molecular weight is 355 g/mol. The lowest BCUT2D eigenvalue weighted by atomic mass is 10.2. The largest absolute Gasteiger partial charge is 0.493 e. The molecule has 0 saturated heterocycles. The van der Waals surface area contributed by atoms with Gasteiger partial charge in [0.05, 0.1) is 24.8 Å². The van der Waals surface area contributed by atoms with Gasteiger partial charge in [0.1, 0.15) is 11.4 Å². The molecule has 2 aromatic carbocycles. The summed E-state index contributed by atoms with van der Waals surface area (Å²) in [6.07, 6.45) is 0. The number of hydrogen-bond acceptors (Lipinski definition) is 5. The molecule has 0 spiro atoms. The Balaban J connectivity index is 2.54. The molecule has 2 rings (SSSR count). The van der Waals surface area contributed by atoms with Gasteiger partial charge in [0, 0.05) is 6.07 Å². The SMILES string of the molecule is COc1cc(S(=O)(=O)Nc2cccc(F)c2)cc(C(=O)O)c1OC. The molecule has 0 saturated carbocycles. The molecular formula is C15H14FNO6S. The molecule has 9 heteroatoms. The average Bonchev–Trinajstić information content (AvgIpc) is 2.52. The van der Waals surface area contributed by atoms with Crippen molar-refractivity contribution in [2.75, 3.05) is 18.9 Å². The maximum Gasteiger partial charge on any atom is 0.339 e. The summed E-state index contributed by atoms with van der Waals surface area (Å²) in [6.45, 7) is 0. The first-order valence-corrected chi connectivity index (χ1v) is 8.04. The Bertz CT molecular complexity index is 882. The number of carboxylic acid groups (broad SMARTS) is 1. The molecule has 0 aliphatic rings. The number of nitrogens with one attached hydrogen (secondary N) is 1. The van der Waals surface area contributed by atoms with Gasteiger partial charge in [-0.1, -0.05) is 6.07 Å². The van der Waals surface area contributed by atoms with E-state index < -0.39 is 21.8 Å². The second kappa shape index (κ2) is 6.75. The van der Waals surface area contributed by atoms with Crippen LogP contribution < -0.4 is 14.2 Å². The highest BCUT2D eigenvalue weighted by Crippen LogP contribution is 2.34. The molecule has 0 amide bonds. The molecule has 0 atom stereocenters. The van der Waals surface area contributed by atoms with Gasteiger partial charge in [0.25, 0.3) is 10.0 Å². The van der Waals surface area contributed by atoms with Crippen LogP contribution in [0.5, 0.6) is 11.5 Å². The Morgan fingerprint density at radius 3 is 2.42 bits per heavy atom. The highest BCUT2D eigenvalue weighted by Gasteiger charge is 2.24. The van der Waals surface area contributed by atoms with Crippen molar-refractivity contribution in [2.45, 2.75) is 4.90 Å². The lowest BCUT2D eigenvalue weighted by molar-refractivity contribution is 0.0692. The van der Waals surface area contributed by atoms with E-state index in [9.17, 15) is 22.7 Å². The fraction of sp³-hybridized carbons (Fsp3) is 0.133. The minimum atomic E-state index is -4.16. The number of ether oxygens (including phenoxy) is 2. The third kappa shape index (κ3) is 3.57. The number of carboxylic acids is 1. The minimum Gasteiger partial charge on any atom is -0.493 e. The van der Waals surface area contributed by atoms with Crippen LogP contribution in [-0.4, -0.2) is 33.7 Å². The summed E-state index contributed by atoms with van der Waals surface area (Å²) in [5.74, 6) is -2.16. The summed E-state index contributed by atoms with van der Waals surface area (Å²) in [5.41, 5.74) is -0.377. The lowest BCUT2D eigenvalue weighted by Gasteiger charge is -2.14. The van der Waals surface area contributed by atoms with Crippen molar-refractivity contribution in [3.63, 3.8) is 0 Å². The number of sulfonamides is 1. The fourth-order valence-corrected chi connectivity index (χ4v) is 3.11. The number of carbonyl (C=O) groups is 1. The van der Waals surface area contributed by atoms with E-state index in [1.165, 1.54) is 26.4 Å². The van der Waals surface area contributed by atoms with Gasteiger partial charge in [-0.2, -0.15) is 0 Å². The first-order valence-electron chi connectivity index (χ1n) is 6.56. The third-order valence-electron chi connectivity index (χ3n) is 3.07. The second-order valence-electron chi connectivity index (χ2n) is 4.63. The van der Waals surface area contributed by atoms with E-state index in [-0.39, 0.29) is 27.6 Å². The molecule has 0 fully saturated rings. The smallest absolute Gasteiger partial charge is 0.339 e. The number of halogens is 1. The van der Waals surface area contributed by atoms with Crippen LogP contribution in [0.4, 0.5) is 10.1 Å². The van der Waals surface area contributed by atoms with Crippen molar-refractivity contribution in [1.29, 1.82) is 0 Å². The first kappa shape index (κ1) is 17.5. The van der Waals surface area contributed by atoms with Crippen LogP contribution in [0.3, 0.4) is 0 Å². The quantitative estimate of drug-likeness (QED) is 0.825. The van der Waals surface area contributed by atoms with Crippen molar-refractivity contribution in [3.05, 3.63) is 47.8 Å². The van der Waals surface area contributed by atoms with Gasteiger partial charge in [-0.3, -0.25) is 4.72 Å². The summed E-state index contributed by atoms with van der Waals surface area (Å²) in [5, 5.41) is 9.23. The van der Waals surface area contributed by atoms with Crippen molar-refractivity contribution in [1.82, 2.24) is 0 Å². The van der Waals surface area contributed by atoms with Crippen molar-refractivity contribution in [2.24, 2.45) is 0 Å². The van der Waals surface area contributed by atoms with Crippen LogP contribution >= 0.6 is 0 Å². The van der Waals surface area contributed by atoms with E-state index >= 15 is 0 Å².